The average Bonchev–Trinajstić information content (AvgIpc) is 3.88. The van der Waals surface area contributed by atoms with E-state index < -0.39 is 0 Å². The van der Waals surface area contributed by atoms with Crippen molar-refractivity contribution in [2.24, 2.45) is 0 Å². The van der Waals surface area contributed by atoms with Crippen molar-refractivity contribution >= 4 is 32.9 Å². The van der Waals surface area contributed by atoms with E-state index in [4.69, 9.17) is 24.4 Å². The average molecular weight is 708 g/mol. The van der Waals surface area contributed by atoms with Gasteiger partial charge in [-0.2, -0.15) is 9.97 Å². The summed E-state index contributed by atoms with van der Waals surface area (Å²) in [5, 5.41) is 2.31. The van der Waals surface area contributed by atoms with Crippen molar-refractivity contribution in [1.82, 2.24) is 24.5 Å². The van der Waals surface area contributed by atoms with Crippen LogP contribution in [0.4, 0.5) is 0 Å². The van der Waals surface area contributed by atoms with Gasteiger partial charge < -0.3 is 4.42 Å². The third kappa shape index (κ3) is 4.95. The topological polar surface area (TPSA) is 69.6 Å². The van der Waals surface area contributed by atoms with Crippen molar-refractivity contribution in [1.29, 1.82) is 0 Å². The van der Waals surface area contributed by atoms with E-state index in [2.05, 4.69) is 146 Å². The van der Waals surface area contributed by atoms with Crippen LogP contribution >= 0.6 is 0 Å². The van der Waals surface area contributed by atoms with Gasteiger partial charge in [0, 0.05) is 32.9 Å². The molecule has 11 rings (SSSR count). The van der Waals surface area contributed by atoms with E-state index in [9.17, 15) is 0 Å². The van der Waals surface area contributed by atoms with Crippen molar-refractivity contribution < 1.29 is 4.42 Å². The molecule has 6 nitrogen and oxygen atoms in total. The van der Waals surface area contributed by atoms with Gasteiger partial charge in [0.15, 0.2) is 17.2 Å². The lowest BCUT2D eigenvalue weighted by Gasteiger charge is -2.21. The van der Waals surface area contributed by atoms with Crippen LogP contribution in [0.25, 0.3) is 95.3 Å². The summed E-state index contributed by atoms with van der Waals surface area (Å²) in [5.74, 6) is 2.44. The first-order chi connectivity index (χ1) is 27.0. The smallest absolute Gasteiger partial charge is 0.238 e. The normalized spacial score (nSPS) is 13.1. The molecule has 0 amide bonds. The maximum Gasteiger partial charge on any atom is 0.238 e. The van der Waals surface area contributed by atoms with Crippen LogP contribution in [0, 0.1) is 0 Å². The van der Waals surface area contributed by atoms with E-state index >= 15 is 0 Å². The number of nitrogens with zero attached hydrogens (tertiary/aromatic N) is 5. The first-order valence-electron chi connectivity index (χ1n) is 18.6. The fourth-order valence-electron chi connectivity index (χ4n) is 8.33. The van der Waals surface area contributed by atoms with Crippen molar-refractivity contribution in [3.05, 3.63) is 175 Å². The molecule has 0 saturated carbocycles. The van der Waals surface area contributed by atoms with E-state index in [1.807, 2.05) is 36.4 Å². The molecular weight excluding hydrogens is 675 g/mol. The molecule has 10 aromatic rings. The van der Waals surface area contributed by atoms with Crippen LogP contribution in [-0.4, -0.2) is 24.5 Å². The molecule has 55 heavy (non-hydrogen) atoms. The Balaban J connectivity index is 1.09. The largest absolute Gasteiger partial charge is 0.436 e. The van der Waals surface area contributed by atoms with Crippen molar-refractivity contribution in [3.63, 3.8) is 0 Å². The number of hydrogen-bond acceptors (Lipinski definition) is 5. The zero-order valence-electron chi connectivity index (χ0n) is 30.2. The van der Waals surface area contributed by atoms with Crippen LogP contribution in [0.1, 0.15) is 25.0 Å². The predicted octanol–water partition coefficient (Wildman–Crippen LogP) is 12.1. The Morgan fingerprint density at radius 2 is 1.04 bits per heavy atom. The summed E-state index contributed by atoms with van der Waals surface area (Å²) in [6, 6.07) is 56.8. The molecule has 0 unspecified atom stereocenters. The van der Waals surface area contributed by atoms with E-state index in [-0.39, 0.29) is 5.41 Å². The van der Waals surface area contributed by atoms with Crippen LogP contribution in [-0.2, 0) is 5.41 Å². The zero-order valence-corrected chi connectivity index (χ0v) is 30.2. The molecule has 3 heterocycles. The van der Waals surface area contributed by atoms with Gasteiger partial charge in [-0.3, -0.25) is 4.57 Å². The van der Waals surface area contributed by atoms with Crippen molar-refractivity contribution in [2.75, 3.05) is 0 Å². The summed E-state index contributed by atoms with van der Waals surface area (Å²) in [4.78, 5) is 20.6. The second-order valence-corrected chi connectivity index (χ2v) is 14.7. The highest BCUT2D eigenvalue weighted by molar-refractivity contribution is 6.09. The Morgan fingerprint density at radius 1 is 0.455 bits per heavy atom. The minimum atomic E-state index is -0.301. The lowest BCUT2D eigenvalue weighted by molar-refractivity contribution is 0.614. The first-order valence-corrected chi connectivity index (χ1v) is 18.6. The van der Waals surface area contributed by atoms with Crippen LogP contribution in [0.3, 0.4) is 0 Å². The molecule has 6 heteroatoms. The maximum atomic E-state index is 6.33. The van der Waals surface area contributed by atoms with Gasteiger partial charge in [-0.15, -0.1) is 0 Å². The molecule has 7 aromatic carbocycles. The SMILES string of the molecule is CC1(C)c2cc(-c3nc(-c4cccc(-c5ccccc5)c4)nc(-n4c5ccccc5c5ccccc54)n3)ccc2-c2cc3nc(-c4ccccc4)oc3cc21. The highest BCUT2D eigenvalue weighted by Gasteiger charge is 2.37. The Kier molecular flexibility index (Phi) is 6.79. The Morgan fingerprint density at radius 3 is 1.75 bits per heavy atom. The highest BCUT2D eigenvalue weighted by atomic mass is 16.3. The van der Waals surface area contributed by atoms with Gasteiger partial charge >= 0.3 is 0 Å². The fraction of sp³-hybridized carbons (Fsp3) is 0.0612. The highest BCUT2D eigenvalue weighted by Crippen LogP contribution is 2.51. The van der Waals surface area contributed by atoms with Crippen LogP contribution < -0.4 is 0 Å². The van der Waals surface area contributed by atoms with Gasteiger partial charge in [-0.05, 0) is 81.9 Å². The molecule has 0 radical (unpaired) electrons. The quantitative estimate of drug-likeness (QED) is 0.178. The minimum Gasteiger partial charge on any atom is -0.436 e. The molecule has 0 bridgehead atoms. The number of aromatic nitrogens is 5. The molecule has 0 fully saturated rings. The molecule has 3 aromatic heterocycles. The van der Waals surface area contributed by atoms with Gasteiger partial charge in [0.05, 0.1) is 11.0 Å². The Labute approximate surface area is 317 Å². The van der Waals surface area contributed by atoms with E-state index in [0.29, 0.717) is 23.5 Å². The minimum absolute atomic E-state index is 0.301. The molecule has 0 N–H and O–H groups in total. The van der Waals surface area contributed by atoms with Gasteiger partial charge in [0.2, 0.25) is 11.8 Å². The molecule has 0 atom stereocenters. The third-order valence-corrected chi connectivity index (χ3v) is 11.1. The first kappa shape index (κ1) is 31.4. The van der Waals surface area contributed by atoms with E-state index in [0.717, 1.165) is 60.7 Å². The summed E-state index contributed by atoms with van der Waals surface area (Å²) in [7, 11) is 0. The summed E-state index contributed by atoms with van der Waals surface area (Å²) in [6.45, 7) is 4.55. The fourth-order valence-corrected chi connectivity index (χ4v) is 8.33. The van der Waals surface area contributed by atoms with E-state index in [1.54, 1.807) is 0 Å². The Bertz CT molecular complexity index is 3070. The molecule has 0 aliphatic heterocycles. The van der Waals surface area contributed by atoms with Crippen molar-refractivity contribution in [2.45, 2.75) is 19.3 Å². The standard InChI is InChI=1S/C49H33N5O/c1-49(2)39-27-34(24-25-35(39)38-28-41-44(29-40(38)49)55-47(50-41)31-16-7-4-8-17-31)46-51-45(33-19-13-18-32(26-33)30-14-5-3-6-15-30)52-48(53-46)54-42-22-11-9-20-36(42)37-21-10-12-23-43(37)54/h3-29H,1-2H3. The molecular formula is C49H33N5O. The van der Waals surface area contributed by atoms with Gasteiger partial charge in [0.25, 0.3) is 0 Å². The summed E-state index contributed by atoms with van der Waals surface area (Å²) in [6.07, 6.45) is 0. The molecule has 0 saturated heterocycles. The van der Waals surface area contributed by atoms with Gasteiger partial charge in [-0.1, -0.05) is 129 Å². The van der Waals surface area contributed by atoms with Gasteiger partial charge in [0.1, 0.15) is 5.52 Å². The third-order valence-electron chi connectivity index (χ3n) is 11.1. The summed E-state index contributed by atoms with van der Waals surface area (Å²) in [5.41, 5.74) is 13.3. The molecule has 0 spiro atoms. The maximum absolute atomic E-state index is 6.33. The second kappa shape index (κ2) is 11.9. The van der Waals surface area contributed by atoms with Crippen LogP contribution in [0.2, 0.25) is 0 Å². The lowest BCUT2D eigenvalue weighted by atomic mass is 9.82. The van der Waals surface area contributed by atoms with Gasteiger partial charge in [-0.25, -0.2) is 9.97 Å². The molecule has 1 aliphatic rings. The van der Waals surface area contributed by atoms with Crippen molar-refractivity contribution in [3.8, 4) is 62.4 Å². The lowest BCUT2D eigenvalue weighted by Crippen LogP contribution is -2.15. The Hall–Kier alpha value is -7.18. The summed E-state index contributed by atoms with van der Waals surface area (Å²) >= 11 is 0. The molecule has 260 valence electrons. The van der Waals surface area contributed by atoms with Crippen LogP contribution in [0.15, 0.2) is 168 Å². The van der Waals surface area contributed by atoms with E-state index in [1.165, 1.54) is 22.3 Å². The second-order valence-electron chi connectivity index (χ2n) is 14.7. The number of oxazole rings is 1. The van der Waals surface area contributed by atoms with Crippen LogP contribution in [0.5, 0.6) is 0 Å². The number of rotatable bonds is 5. The number of hydrogen-bond donors (Lipinski definition) is 0. The number of para-hydroxylation sites is 2. The monoisotopic (exact) mass is 707 g/mol. The number of benzene rings is 7. The molecule has 1 aliphatic carbocycles. The predicted molar refractivity (Wildman–Crippen MR) is 221 cm³/mol. The summed E-state index contributed by atoms with van der Waals surface area (Å²) < 4.78 is 8.49. The zero-order chi connectivity index (χ0) is 36.7. The number of fused-ring (bicyclic) bond motifs is 7.